The molecule has 0 fully saturated rings. The van der Waals surface area contributed by atoms with Crippen LogP contribution in [-0.2, 0) is 20.5 Å². The second kappa shape index (κ2) is 6.64. The van der Waals surface area contributed by atoms with Gasteiger partial charge in [0.25, 0.3) is 5.56 Å². The average Bonchev–Trinajstić information content (AvgIpc) is 2.52. The summed E-state index contributed by atoms with van der Waals surface area (Å²) in [4.78, 5) is 28.5. The van der Waals surface area contributed by atoms with Crippen molar-refractivity contribution < 1.29 is 5.11 Å². The van der Waals surface area contributed by atoms with Gasteiger partial charge in [-0.3, -0.25) is 18.9 Å². The van der Waals surface area contributed by atoms with E-state index in [1.807, 2.05) is 37.3 Å². The highest BCUT2D eigenvalue weighted by Gasteiger charge is 2.17. The van der Waals surface area contributed by atoms with Gasteiger partial charge in [-0.05, 0) is 25.8 Å². The maximum absolute atomic E-state index is 12.3. The molecule has 0 saturated carbocycles. The Morgan fingerprint density at radius 2 is 1.78 bits per heavy atom. The van der Waals surface area contributed by atoms with E-state index in [1.54, 1.807) is 6.92 Å². The van der Waals surface area contributed by atoms with Gasteiger partial charge in [-0.1, -0.05) is 30.3 Å². The summed E-state index contributed by atoms with van der Waals surface area (Å²) in [7, 11) is 2.80. The largest absolute Gasteiger partial charge is 0.494 e. The van der Waals surface area contributed by atoms with Crippen LogP contribution in [0.15, 0.2) is 44.9 Å². The van der Waals surface area contributed by atoms with Crippen LogP contribution >= 0.6 is 0 Å². The molecule has 1 N–H and O–H groups in total. The average molecular weight is 315 g/mol. The molecule has 0 aliphatic heterocycles. The Morgan fingerprint density at radius 1 is 1.17 bits per heavy atom. The third kappa shape index (κ3) is 3.41. The van der Waals surface area contributed by atoms with Crippen LogP contribution < -0.4 is 11.2 Å². The molecule has 0 spiro atoms. The highest BCUT2D eigenvalue weighted by molar-refractivity contribution is 6.00. The van der Waals surface area contributed by atoms with Gasteiger partial charge in [-0.15, -0.1) is 0 Å². The first-order valence-electron chi connectivity index (χ1n) is 7.40. The summed E-state index contributed by atoms with van der Waals surface area (Å²) in [5.74, 6) is -0.355. The molecule has 6 nitrogen and oxygen atoms in total. The van der Waals surface area contributed by atoms with Crippen LogP contribution in [0, 0.1) is 0 Å². The molecule has 0 radical (unpaired) electrons. The molecular weight excluding hydrogens is 294 g/mol. The monoisotopic (exact) mass is 315 g/mol. The van der Waals surface area contributed by atoms with E-state index in [0.29, 0.717) is 5.71 Å². The molecule has 1 atom stereocenters. The Bertz CT molecular complexity index is 848. The topological polar surface area (TPSA) is 76.6 Å². The van der Waals surface area contributed by atoms with E-state index in [4.69, 9.17) is 0 Å². The number of nitrogens with zero attached hydrogens (tertiary/aromatic N) is 3. The van der Waals surface area contributed by atoms with Gasteiger partial charge < -0.3 is 5.11 Å². The highest BCUT2D eigenvalue weighted by Crippen LogP contribution is 2.12. The summed E-state index contributed by atoms with van der Waals surface area (Å²) in [5.41, 5.74) is 0.519. The van der Waals surface area contributed by atoms with Crippen molar-refractivity contribution in [1.82, 2.24) is 9.13 Å². The number of hydrogen-bond acceptors (Lipinski definition) is 4. The molecular formula is C17H21N3O3. The molecule has 0 aliphatic carbocycles. The van der Waals surface area contributed by atoms with Gasteiger partial charge in [0.05, 0.1) is 11.8 Å². The molecule has 0 amide bonds. The van der Waals surface area contributed by atoms with E-state index >= 15 is 0 Å². The van der Waals surface area contributed by atoms with Gasteiger partial charge >= 0.3 is 5.69 Å². The Hall–Kier alpha value is -2.63. The molecule has 0 bridgehead atoms. The van der Waals surface area contributed by atoms with Gasteiger partial charge in [0.1, 0.15) is 5.56 Å². The van der Waals surface area contributed by atoms with E-state index < -0.39 is 11.2 Å². The van der Waals surface area contributed by atoms with E-state index in [-0.39, 0.29) is 17.5 Å². The number of aromatic nitrogens is 2. The molecule has 2 aromatic rings. The van der Waals surface area contributed by atoms with Crippen molar-refractivity contribution >= 4 is 5.71 Å². The molecule has 1 unspecified atom stereocenters. The third-order valence-corrected chi connectivity index (χ3v) is 3.78. The first-order chi connectivity index (χ1) is 10.8. The fourth-order valence-corrected chi connectivity index (χ4v) is 2.55. The minimum absolute atomic E-state index is 0.0567. The lowest BCUT2D eigenvalue weighted by atomic mass is 10.1. The summed E-state index contributed by atoms with van der Waals surface area (Å²) in [6.07, 6.45) is 0.727. The zero-order valence-corrected chi connectivity index (χ0v) is 13.8. The fraction of sp³-hybridized carbons (Fsp3) is 0.353. The number of benzene rings is 1. The van der Waals surface area contributed by atoms with E-state index in [1.165, 1.54) is 14.1 Å². The fourth-order valence-electron chi connectivity index (χ4n) is 2.55. The lowest BCUT2D eigenvalue weighted by Gasteiger charge is -2.12. The summed E-state index contributed by atoms with van der Waals surface area (Å²) in [5, 5.41) is 10.1. The van der Waals surface area contributed by atoms with Crippen LogP contribution in [0.5, 0.6) is 5.88 Å². The Kier molecular flexibility index (Phi) is 4.83. The van der Waals surface area contributed by atoms with E-state index in [0.717, 1.165) is 21.1 Å². The van der Waals surface area contributed by atoms with Gasteiger partial charge in [-0.25, -0.2) is 4.79 Å². The zero-order chi connectivity index (χ0) is 17.1. The summed E-state index contributed by atoms with van der Waals surface area (Å²) in [6.45, 7) is 3.61. The van der Waals surface area contributed by atoms with Crippen molar-refractivity contribution in [2.45, 2.75) is 26.3 Å². The molecule has 122 valence electrons. The predicted molar refractivity (Wildman–Crippen MR) is 90.4 cm³/mol. The quantitative estimate of drug-likeness (QED) is 0.862. The summed E-state index contributed by atoms with van der Waals surface area (Å²) >= 11 is 0. The Balaban J connectivity index is 2.39. The van der Waals surface area contributed by atoms with Crippen LogP contribution in [0.2, 0.25) is 0 Å². The highest BCUT2D eigenvalue weighted by atomic mass is 16.3. The standard InChI is InChI=1S/C17H21N3O3/c1-11(10-13-8-6-5-7-9-13)18-12(2)14-15(21)19(3)17(23)20(4)16(14)22/h5-9,11,21H,10H2,1-4H3. The van der Waals surface area contributed by atoms with Crippen LogP contribution in [0.3, 0.4) is 0 Å². The van der Waals surface area contributed by atoms with Crippen LogP contribution in [-0.4, -0.2) is 26.0 Å². The lowest BCUT2D eigenvalue weighted by Crippen LogP contribution is -2.39. The minimum atomic E-state index is -0.568. The Labute approximate surface area is 134 Å². The van der Waals surface area contributed by atoms with Crippen LogP contribution in [0.25, 0.3) is 0 Å². The molecule has 1 heterocycles. The number of aromatic hydroxyl groups is 1. The first-order valence-corrected chi connectivity index (χ1v) is 7.40. The van der Waals surface area contributed by atoms with E-state index in [9.17, 15) is 14.7 Å². The lowest BCUT2D eigenvalue weighted by molar-refractivity contribution is 0.410. The predicted octanol–water partition coefficient (Wildman–Crippen LogP) is 1.23. The van der Waals surface area contributed by atoms with Crippen LogP contribution in [0.1, 0.15) is 25.0 Å². The SMILES string of the molecule is CC(=NC(C)Cc1ccccc1)c1c(O)n(C)c(=O)n(C)c1=O. The maximum Gasteiger partial charge on any atom is 0.333 e. The third-order valence-electron chi connectivity index (χ3n) is 3.78. The molecule has 0 saturated heterocycles. The molecule has 1 aromatic heterocycles. The van der Waals surface area contributed by atoms with Crippen molar-refractivity contribution in [3.63, 3.8) is 0 Å². The number of aliphatic imine (C=N–C) groups is 1. The smallest absolute Gasteiger partial charge is 0.333 e. The number of rotatable bonds is 4. The minimum Gasteiger partial charge on any atom is -0.494 e. The molecule has 23 heavy (non-hydrogen) atoms. The number of hydrogen-bond donors (Lipinski definition) is 1. The van der Waals surface area contributed by atoms with Crippen molar-refractivity contribution in [3.8, 4) is 5.88 Å². The van der Waals surface area contributed by atoms with Crippen molar-refractivity contribution in [2.24, 2.45) is 19.1 Å². The molecule has 1 aromatic carbocycles. The first kappa shape index (κ1) is 16.7. The summed E-state index contributed by atoms with van der Waals surface area (Å²) in [6, 6.07) is 9.86. The van der Waals surface area contributed by atoms with Gasteiger partial charge in [0.2, 0.25) is 5.88 Å². The Morgan fingerprint density at radius 3 is 2.39 bits per heavy atom. The van der Waals surface area contributed by atoms with Gasteiger partial charge in [0.15, 0.2) is 0 Å². The molecule has 0 aliphatic rings. The van der Waals surface area contributed by atoms with Crippen molar-refractivity contribution in [2.75, 3.05) is 0 Å². The van der Waals surface area contributed by atoms with Crippen molar-refractivity contribution in [3.05, 3.63) is 62.3 Å². The second-order valence-electron chi connectivity index (χ2n) is 5.66. The summed E-state index contributed by atoms with van der Waals surface area (Å²) < 4.78 is 2.01. The van der Waals surface area contributed by atoms with Crippen molar-refractivity contribution in [1.29, 1.82) is 0 Å². The molecule has 6 heteroatoms. The second-order valence-corrected chi connectivity index (χ2v) is 5.66. The van der Waals surface area contributed by atoms with E-state index in [2.05, 4.69) is 4.99 Å². The molecule has 2 rings (SSSR count). The van der Waals surface area contributed by atoms with Crippen LogP contribution in [0.4, 0.5) is 0 Å². The normalized spacial score (nSPS) is 13.1. The maximum atomic E-state index is 12.3. The van der Waals surface area contributed by atoms with Gasteiger partial charge in [0, 0.05) is 14.1 Å². The van der Waals surface area contributed by atoms with Gasteiger partial charge in [-0.2, -0.15) is 0 Å². The zero-order valence-electron chi connectivity index (χ0n) is 13.8.